The molecule has 1 aliphatic carbocycles. The molecule has 4 rings (SSSR count). The van der Waals surface area contributed by atoms with Crippen LogP contribution in [0.1, 0.15) is 42.4 Å². The maximum atomic E-state index is 14.6. The van der Waals surface area contributed by atoms with Crippen LogP contribution in [0.15, 0.2) is 71.9 Å². The van der Waals surface area contributed by atoms with Crippen LogP contribution in [0, 0.1) is 11.7 Å². The Bertz CT molecular complexity index is 1490. The molecule has 42 heavy (non-hydrogen) atoms. The normalized spacial score (nSPS) is 20.2. The Labute approximate surface area is 235 Å². The van der Waals surface area contributed by atoms with Gasteiger partial charge in [-0.1, -0.05) is 24.3 Å². The summed E-state index contributed by atoms with van der Waals surface area (Å²) in [5.41, 5.74) is -6.99. The number of aromatic nitrogens is 2. The van der Waals surface area contributed by atoms with E-state index in [0.29, 0.717) is 5.56 Å². The molecule has 0 saturated heterocycles. The first-order chi connectivity index (χ1) is 19.5. The van der Waals surface area contributed by atoms with Gasteiger partial charge in [0.1, 0.15) is 10.6 Å². The Balaban J connectivity index is 1.69. The molecule has 1 saturated carbocycles. The van der Waals surface area contributed by atoms with Crippen molar-refractivity contribution in [2.45, 2.75) is 59.9 Å². The van der Waals surface area contributed by atoms with Gasteiger partial charge in [-0.25, -0.2) is 17.2 Å². The van der Waals surface area contributed by atoms with Crippen LogP contribution in [0.25, 0.3) is 0 Å². The van der Waals surface area contributed by atoms with Crippen molar-refractivity contribution < 1.29 is 48.3 Å². The second-order valence-electron chi connectivity index (χ2n) is 9.93. The van der Waals surface area contributed by atoms with Gasteiger partial charge in [-0.3, -0.25) is 4.79 Å². The van der Waals surface area contributed by atoms with Gasteiger partial charge < -0.3 is 5.32 Å². The Morgan fingerprint density at radius 1 is 0.857 bits per heavy atom. The lowest BCUT2D eigenvalue weighted by atomic mass is 9.77. The van der Waals surface area contributed by atoms with Crippen LogP contribution < -0.4 is 5.32 Å². The number of halogens is 8. The largest absolute Gasteiger partial charge is 0.435 e. The highest BCUT2D eigenvalue weighted by atomic mass is 32.2. The molecule has 3 aromatic rings. The summed E-state index contributed by atoms with van der Waals surface area (Å²) >= 11 is 0. The average molecular weight is 622 g/mol. The van der Waals surface area contributed by atoms with Gasteiger partial charge in [-0.05, 0) is 67.1 Å². The number of alkyl halides is 7. The molecule has 1 N–H and O–H groups in total. The highest BCUT2D eigenvalue weighted by Crippen LogP contribution is 2.54. The van der Waals surface area contributed by atoms with Gasteiger partial charge >= 0.3 is 18.0 Å². The van der Waals surface area contributed by atoms with Crippen LogP contribution in [-0.2, 0) is 31.6 Å². The first kappa shape index (κ1) is 31.3. The SMILES string of the molecule is O=C(NCc1ccnnc1)C1CCC(c2ccc(C(F)(C(F)(F)F)C(F)(F)F)cc2)(S(=O)(=O)c2ccc(F)cc2)CC1. The number of amides is 1. The van der Waals surface area contributed by atoms with Gasteiger partial charge in [0.2, 0.25) is 5.91 Å². The van der Waals surface area contributed by atoms with Crippen molar-refractivity contribution in [3.05, 3.63) is 89.5 Å². The summed E-state index contributed by atoms with van der Waals surface area (Å²) in [6.45, 7) is 0.120. The Kier molecular flexibility index (Phi) is 8.37. The van der Waals surface area contributed by atoms with Crippen molar-refractivity contribution in [3.63, 3.8) is 0 Å². The quantitative estimate of drug-likeness (QED) is 0.255. The number of carbonyl (C=O) groups excluding carboxylic acids is 1. The summed E-state index contributed by atoms with van der Waals surface area (Å²) in [6, 6.07) is 7.35. The van der Waals surface area contributed by atoms with Crippen LogP contribution >= 0.6 is 0 Å². The smallest absolute Gasteiger partial charge is 0.352 e. The van der Waals surface area contributed by atoms with Crippen LogP contribution in [0.2, 0.25) is 0 Å². The van der Waals surface area contributed by atoms with Gasteiger partial charge in [-0.15, -0.1) is 0 Å². The number of benzene rings is 2. The lowest BCUT2D eigenvalue weighted by Gasteiger charge is -2.40. The van der Waals surface area contributed by atoms with E-state index in [1.165, 1.54) is 12.4 Å². The average Bonchev–Trinajstić information content (AvgIpc) is 2.95. The number of carbonyl (C=O) groups is 1. The summed E-state index contributed by atoms with van der Waals surface area (Å²) in [5, 5.41) is 10.0. The predicted molar refractivity (Wildman–Crippen MR) is 132 cm³/mol. The third-order valence-electron chi connectivity index (χ3n) is 7.50. The first-order valence-corrected chi connectivity index (χ1v) is 14.0. The molecule has 2 aromatic carbocycles. The highest BCUT2D eigenvalue weighted by Gasteiger charge is 2.73. The number of hydrogen-bond acceptors (Lipinski definition) is 5. The number of rotatable bonds is 7. The van der Waals surface area contributed by atoms with E-state index in [4.69, 9.17) is 0 Å². The molecule has 0 unspecified atom stereocenters. The van der Waals surface area contributed by atoms with E-state index >= 15 is 0 Å². The van der Waals surface area contributed by atoms with Crippen molar-refractivity contribution in [2.24, 2.45) is 5.92 Å². The van der Waals surface area contributed by atoms with Crippen molar-refractivity contribution >= 4 is 15.7 Å². The zero-order valence-electron chi connectivity index (χ0n) is 21.5. The van der Waals surface area contributed by atoms with Crippen LogP contribution in [0.5, 0.6) is 0 Å². The van der Waals surface area contributed by atoms with Gasteiger partial charge in [0.05, 0.1) is 11.1 Å². The minimum absolute atomic E-state index is 0.0131. The maximum Gasteiger partial charge on any atom is 0.435 e. The van der Waals surface area contributed by atoms with Crippen molar-refractivity contribution in [1.29, 1.82) is 0 Å². The Hall–Kier alpha value is -3.62. The lowest BCUT2D eigenvalue weighted by molar-refractivity contribution is -0.348. The topological polar surface area (TPSA) is 89.0 Å². The summed E-state index contributed by atoms with van der Waals surface area (Å²) < 4.78 is 134. The minimum Gasteiger partial charge on any atom is -0.352 e. The molecule has 1 amide bonds. The van der Waals surface area contributed by atoms with E-state index in [1.54, 1.807) is 6.07 Å². The van der Waals surface area contributed by atoms with E-state index < -0.39 is 55.8 Å². The fourth-order valence-corrected chi connectivity index (χ4v) is 7.31. The second kappa shape index (κ2) is 11.2. The monoisotopic (exact) mass is 621 g/mol. The van der Waals surface area contributed by atoms with Gasteiger partial charge in [0.15, 0.2) is 9.84 Å². The molecule has 0 radical (unpaired) electrons. The zero-order chi connectivity index (χ0) is 31.0. The summed E-state index contributed by atoms with van der Waals surface area (Å²) in [5.74, 6) is -1.80. The number of sulfone groups is 1. The van der Waals surface area contributed by atoms with Gasteiger partial charge in [0, 0.05) is 24.2 Å². The molecule has 0 bridgehead atoms. The minimum atomic E-state index is -6.34. The van der Waals surface area contributed by atoms with E-state index in [2.05, 4.69) is 15.5 Å². The van der Waals surface area contributed by atoms with E-state index in [1.807, 2.05) is 0 Å². The molecular weight excluding hydrogens is 598 g/mol. The van der Waals surface area contributed by atoms with Crippen molar-refractivity contribution in [2.75, 3.05) is 0 Å². The van der Waals surface area contributed by atoms with E-state index in [9.17, 15) is 48.3 Å². The van der Waals surface area contributed by atoms with Crippen molar-refractivity contribution in [1.82, 2.24) is 15.5 Å². The number of nitrogens with zero attached hydrogens (tertiary/aromatic N) is 2. The van der Waals surface area contributed by atoms with Crippen LogP contribution in [0.4, 0.5) is 35.1 Å². The standard InChI is InChI=1S/C27H23F8N3O3S/c28-21-5-7-22(8-6-21)42(40,41)24(12-9-18(10-13-24)23(39)36-15-17-11-14-37-38-16-17)19-1-3-20(4-2-19)25(29,26(30,31)32)27(33,34)35/h1-8,11,14,16,18H,9-10,12-13,15H2,(H,36,39). The van der Waals surface area contributed by atoms with Crippen LogP contribution in [0.3, 0.4) is 0 Å². The molecule has 0 aliphatic heterocycles. The summed E-state index contributed by atoms with van der Waals surface area (Å²) in [6.07, 6.45) is -10.3. The molecule has 1 aliphatic rings. The first-order valence-electron chi connectivity index (χ1n) is 12.5. The number of hydrogen-bond donors (Lipinski definition) is 1. The lowest BCUT2D eigenvalue weighted by Crippen LogP contribution is -2.50. The molecule has 0 atom stereocenters. The molecule has 1 heterocycles. The van der Waals surface area contributed by atoms with Crippen molar-refractivity contribution in [3.8, 4) is 0 Å². The fraction of sp³-hybridized carbons (Fsp3) is 0.370. The fourth-order valence-electron chi connectivity index (χ4n) is 5.15. The third kappa shape index (κ3) is 5.57. The molecule has 1 fully saturated rings. The second-order valence-corrected chi connectivity index (χ2v) is 12.2. The Morgan fingerprint density at radius 3 is 1.93 bits per heavy atom. The maximum absolute atomic E-state index is 14.6. The van der Waals surface area contributed by atoms with Gasteiger partial charge in [0.25, 0.3) is 0 Å². The van der Waals surface area contributed by atoms with Gasteiger partial charge in [-0.2, -0.15) is 36.5 Å². The molecule has 226 valence electrons. The van der Waals surface area contributed by atoms with E-state index in [-0.39, 0.29) is 54.8 Å². The molecule has 6 nitrogen and oxygen atoms in total. The molecule has 1 aromatic heterocycles. The Morgan fingerprint density at radius 2 is 1.43 bits per heavy atom. The molecule has 15 heteroatoms. The zero-order valence-corrected chi connectivity index (χ0v) is 22.3. The summed E-state index contributed by atoms with van der Waals surface area (Å²) in [4.78, 5) is 12.5. The summed E-state index contributed by atoms with van der Waals surface area (Å²) in [7, 11) is -4.45. The van der Waals surface area contributed by atoms with E-state index in [0.717, 1.165) is 36.4 Å². The third-order valence-corrected chi connectivity index (χ3v) is 10.1. The molecular formula is C27H23F8N3O3S. The molecule has 0 spiro atoms. The highest BCUT2D eigenvalue weighted by molar-refractivity contribution is 7.92. The number of nitrogens with one attached hydrogen (secondary N) is 1. The predicted octanol–water partition coefficient (Wildman–Crippen LogP) is 6.08. The van der Waals surface area contributed by atoms with Crippen LogP contribution in [-0.4, -0.2) is 36.9 Å².